The fourth-order valence-corrected chi connectivity index (χ4v) is 1.62. The number of halogens is 3. The van der Waals surface area contributed by atoms with Crippen LogP contribution in [0.3, 0.4) is 0 Å². The minimum atomic E-state index is -2.84. The van der Waals surface area contributed by atoms with Crippen molar-refractivity contribution in [1.29, 1.82) is 0 Å². The quantitative estimate of drug-likeness (QED) is 0.735. The molecule has 1 aliphatic rings. The number of alkyl halides is 2. The maximum Gasteiger partial charge on any atom is 0.267 e. The first-order valence-electron chi connectivity index (χ1n) is 4.76. The highest BCUT2D eigenvalue weighted by Gasteiger charge is 2.40. The molecule has 1 aromatic heterocycles. The zero-order valence-corrected chi connectivity index (χ0v) is 8.29. The van der Waals surface area contributed by atoms with Crippen LogP contribution in [-0.4, -0.2) is 34.8 Å². The third kappa shape index (κ3) is 2.15. The summed E-state index contributed by atoms with van der Waals surface area (Å²) in [5, 5.41) is 0. The second-order valence-electron chi connectivity index (χ2n) is 3.72. The van der Waals surface area contributed by atoms with E-state index in [1.807, 2.05) is 0 Å². The fourth-order valence-electron chi connectivity index (χ4n) is 1.62. The number of carbonyl (C=O) groups excluding carboxylic acids is 1. The summed E-state index contributed by atoms with van der Waals surface area (Å²) in [6, 6.07) is 0.992. The molecule has 6 heteroatoms. The molecule has 16 heavy (non-hydrogen) atoms. The Morgan fingerprint density at radius 1 is 1.44 bits per heavy atom. The number of nitrogens with zero attached hydrogens (tertiary/aromatic N) is 2. The lowest BCUT2D eigenvalue weighted by Gasteiger charge is -2.15. The Kier molecular flexibility index (Phi) is 2.57. The van der Waals surface area contributed by atoms with E-state index >= 15 is 0 Å². The van der Waals surface area contributed by atoms with Crippen molar-refractivity contribution in [1.82, 2.24) is 9.88 Å². The smallest absolute Gasteiger partial charge is 0.267 e. The number of pyridine rings is 1. The van der Waals surface area contributed by atoms with Gasteiger partial charge >= 0.3 is 0 Å². The predicted octanol–water partition coefficient (Wildman–Crippen LogP) is 1.70. The van der Waals surface area contributed by atoms with Gasteiger partial charge in [-0.05, 0) is 6.07 Å². The molecule has 86 valence electrons. The molecular formula is C10H9F3N2O. The molecule has 2 rings (SSSR count). The highest BCUT2D eigenvalue weighted by molar-refractivity contribution is 5.94. The Labute approximate surface area is 89.9 Å². The van der Waals surface area contributed by atoms with Crippen molar-refractivity contribution in [3.63, 3.8) is 0 Å². The Hall–Kier alpha value is -1.59. The Bertz CT molecular complexity index is 422. The van der Waals surface area contributed by atoms with Crippen molar-refractivity contribution in [3.05, 3.63) is 29.8 Å². The molecule has 1 fully saturated rings. The van der Waals surface area contributed by atoms with Gasteiger partial charge in [0.1, 0.15) is 5.82 Å². The summed E-state index contributed by atoms with van der Waals surface area (Å²) >= 11 is 0. The minimum Gasteiger partial charge on any atom is -0.332 e. The number of hydrogen-bond acceptors (Lipinski definition) is 2. The van der Waals surface area contributed by atoms with Gasteiger partial charge in [0.15, 0.2) is 0 Å². The maximum atomic E-state index is 12.9. The van der Waals surface area contributed by atoms with Crippen molar-refractivity contribution in [2.24, 2.45) is 0 Å². The largest absolute Gasteiger partial charge is 0.332 e. The molecule has 3 nitrogen and oxygen atoms in total. The van der Waals surface area contributed by atoms with E-state index in [1.165, 1.54) is 6.20 Å². The summed E-state index contributed by atoms with van der Waals surface area (Å²) in [5.41, 5.74) is -0.00213. The molecule has 1 aromatic rings. The van der Waals surface area contributed by atoms with Crippen molar-refractivity contribution in [2.45, 2.75) is 12.3 Å². The molecule has 1 aliphatic heterocycles. The lowest BCUT2D eigenvalue weighted by atomic mass is 10.2. The van der Waals surface area contributed by atoms with E-state index in [0.717, 1.165) is 17.2 Å². The van der Waals surface area contributed by atoms with Gasteiger partial charge in [-0.25, -0.2) is 13.2 Å². The van der Waals surface area contributed by atoms with Gasteiger partial charge in [-0.1, -0.05) is 0 Å². The molecule has 1 saturated heterocycles. The third-order valence-electron chi connectivity index (χ3n) is 2.41. The van der Waals surface area contributed by atoms with E-state index < -0.39 is 24.2 Å². The molecule has 0 N–H and O–H groups in total. The van der Waals surface area contributed by atoms with Crippen LogP contribution in [0.4, 0.5) is 13.2 Å². The second kappa shape index (κ2) is 3.77. The summed E-state index contributed by atoms with van der Waals surface area (Å²) in [7, 11) is 0. The summed E-state index contributed by atoms with van der Waals surface area (Å²) in [4.78, 5) is 16.2. The van der Waals surface area contributed by atoms with Gasteiger partial charge in [-0.2, -0.15) is 0 Å². The molecule has 0 unspecified atom stereocenters. The van der Waals surface area contributed by atoms with Gasteiger partial charge < -0.3 is 4.90 Å². The zero-order valence-electron chi connectivity index (χ0n) is 8.29. The number of amides is 1. The predicted molar refractivity (Wildman–Crippen MR) is 49.7 cm³/mol. The summed E-state index contributed by atoms with van der Waals surface area (Å²) in [5.74, 6) is -4.10. The van der Waals surface area contributed by atoms with Gasteiger partial charge in [0.2, 0.25) is 0 Å². The van der Waals surface area contributed by atoms with Gasteiger partial charge in [0, 0.05) is 19.2 Å². The molecule has 0 spiro atoms. The van der Waals surface area contributed by atoms with E-state index in [-0.39, 0.29) is 18.5 Å². The number of likely N-dealkylation sites (tertiary alicyclic amines) is 1. The van der Waals surface area contributed by atoms with Crippen LogP contribution in [0.2, 0.25) is 0 Å². The Balaban J connectivity index is 2.15. The first-order chi connectivity index (χ1) is 7.48. The normalized spacial score (nSPS) is 18.8. The van der Waals surface area contributed by atoms with Crippen molar-refractivity contribution in [3.8, 4) is 0 Å². The lowest BCUT2D eigenvalue weighted by molar-refractivity contribution is 0.0120. The van der Waals surface area contributed by atoms with E-state index in [1.54, 1.807) is 0 Å². The van der Waals surface area contributed by atoms with Gasteiger partial charge in [-0.3, -0.25) is 9.78 Å². The Morgan fingerprint density at radius 2 is 2.19 bits per heavy atom. The first kappa shape index (κ1) is 10.9. The fraction of sp³-hybridized carbons (Fsp3) is 0.400. The molecular weight excluding hydrogens is 221 g/mol. The van der Waals surface area contributed by atoms with Crippen LogP contribution in [0.25, 0.3) is 0 Å². The highest BCUT2D eigenvalue weighted by atomic mass is 19.3. The maximum absolute atomic E-state index is 12.9. The lowest BCUT2D eigenvalue weighted by Crippen LogP contribution is -2.31. The first-order valence-corrected chi connectivity index (χ1v) is 4.76. The van der Waals surface area contributed by atoms with E-state index in [0.29, 0.717) is 0 Å². The molecule has 0 bridgehead atoms. The molecule has 0 atom stereocenters. The molecule has 0 radical (unpaired) electrons. The summed E-state index contributed by atoms with van der Waals surface area (Å²) in [6.07, 6.45) is 1.78. The zero-order chi connectivity index (χ0) is 11.8. The molecule has 0 aliphatic carbocycles. The van der Waals surface area contributed by atoms with E-state index in [2.05, 4.69) is 4.98 Å². The van der Waals surface area contributed by atoms with Crippen molar-refractivity contribution in [2.75, 3.05) is 13.1 Å². The van der Waals surface area contributed by atoms with Crippen LogP contribution in [-0.2, 0) is 0 Å². The van der Waals surface area contributed by atoms with Crippen LogP contribution in [0.5, 0.6) is 0 Å². The second-order valence-corrected chi connectivity index (χ2v) is 3.72. The van der Waals surface area contributed by atoms with Crippen molar-refractivity contribution < 1.29 is 18.0 Å². The van der Waals surface area contributed by atoms with Gasteiger partial charge in [-0.15, -0.1) is 0 Å². The van der Waals surface area contributed by atoms with E-state index in [4.69, 9.17) is 0 Å². The third-order valence-corrected chi connectivity index (χ3v) is 2.41. The van der Waals surface area contributed by atoms with Crippen LogP contribution in [0.15, 0.2) is 18.5 Å². The average Bonchev–Trinajstić information content (AvgIpc) is 2.58. The number of hydrogen-bond donors (Lipinski definition) is 0. The van der Waals surface area contributed by atoms with Gasteiger partial charge in [0.25, 0.3) is 11.8 Å². The van der Waals surface area contributed by atoms with Crippen LogP contribution in [0.1, 0.15) is 16.8 Å². The van der Waals surface area contributed by atoms with Crippen LogP contribution in [0, 0.1) is 5.82 Å². The molecule has 1 amide bonds. The molecule has 2 heterocycles. The van der Waals surface area contributed by atoms with E-state index in [9.17, 15) is 18.0 Å². The SMILES string of the molecule is O=C(c1cncc(F)c1)N1CCC(F)(F)C1. The topological polar surface area (TPSA) is 33.2 Å². The Morgan fingerprint density at radius 3 is 2.75 bits per heavy atom. The monoisotopic (exact) mass is 230 g/mol. The highest BCUT2D eigenvalue weighted by Crippen LogP contribution is 2.27. The number of rotatable bonds is 1. The number of carbonyl (C=O) groups is 1. The average molecular weight is 230 g/mol. The standard InChI is InChI=1S/C10H9F3N2O/c11-8-3-7(4-14-5-8)9(16)15-2-1-10(12,13)6-15/h3-5H,1-2,6H2. The molecule has 0 aromatic carbocycles. The van der Waals surface area contributed by atoms with Crippen LogP contribution >= 0.6 is 0 Å². The summed E-state index contributed by atoms with van der Waals surface area (Å²) in [6.45, 7) is -0.620. The molecule has 0 saturated carbocycles. The van der Waals surface area contributed by atoms with Gasteiger partial charge in [0.05, 0.1) is 18.3 Å². The summed E-state index contributed by atoms with van der Waals surface area (Å²) < 4.78 is 38.5. The minimum absolute atomic E-state index is 0.00213. The number of aromatic nitrogens is 1. The van der Waals surface area contributed by atoms with Crippen molar-refractivity contribution >= 4 is 5.91 Å². The van der Waals surface area contributed by atoms with Crippen LogP contribution < -0.4 is 0 Å².